The van der Waals surface area contributed by atoms with Crippen LogP contribution >= 0.6 is 0 Å². The minimum absolute atomic E-state index is 0.00457. The summed E-state index contributed by atoms with van der Waals surface area (Å²) in [6.07, 6.45) is 8.77. The summed E-state index contributed by atoms with van der Waals surface area (Å²) in [7, 11) is 0. The molecule has 29 heavy (non-hydrogen) atoms. The Morgan fingerprint density at radius 3 is 2.76 bits per heavy atom. The van der Waals surface area contributed by atoms with Crippen LogP contribution in [0.5, 0.6) is 0 Å². The van der Waals surface area contributed by atoms with Gasteiger partial charge < -0.3 is 9.88 Å². The van der Waals surface area contributed by atoms with Gasteiger partial charge in [0.25, 0.3) is 5.91 Å². The van der Waals surface area contributed by atoms with E-state index in [2.05, 4.69) is 53.4 Å². The van der Waals surface area contributed by atoms with Crippen molar-refractivity contribution in [1.82, 2.24) is 24.9 Å². The molecule has 6 nitrogen and oxygen atoms in total. The van der Waals surface area contributed by atoms with Crippen molar-refractivity contribution in [3.63, 3.8) is 0 Å². The lowest BCUT2D eigenvalue weighted by Gasteiger charge is -2.37. The molecular weight excluding hydrogens is 362 g/mol. The van der Waals surface area contributed by atoms with Gasteiger partial charge in [0.05, 0.1) is 18.3 Å². The molecule has 1 fully saturated rings. The van der Waals surface area contributed by atoms with E-state index in [0.29, 0.717) is 24.2 Å². The zero-order chi connectivity index (χ0) is 20.0. The van der Waals surface area contributed by atoms with Gasteiger partial charge in [-0.3, -0.25) is 4.79 Å². The van der Waals surface area contributed by atoms with Crippen molar-refractivity contribution in [3.8, 4) is 0 Å². The summed E-state index contributed by atoms with van der Waals surface area (Å²) in [6, 6.07) is 8.85. The molecule has 2 aliphatic rings. The molecule has 0 saturated heterocycles. The van der Waals surface area contributed by atoms with Gasteiger partial charge in [-0.25, -0.2) is 4.68 Å². The number of nitrogens with one attached hydrogen (secondary N) is 1. The average molecular weight is 392 g/mol. The molecule has 6 heteroatoms. The summed E-state index contributed by atoms with van der Waals surface area (Å²) in [5.41, 5.74) is 4.16. The Morgan fingerprint density at radius 1 is 1.17 bits per heavy atom. The number of fused-ring (bicyclic) bond motifs is 3. The normalized spacial score (nSPS) is 20.4. The molecule has 0 spiro atoms. The Labute approximate surface area is 171 Å². The minimum atomic E-state index is -0.00457. The van der Waals surface area contributed by atoms with Crippen LogP contribution in [0, 0.1) is 5.92 Å². The van der Waals surface area contributed by atoms with E-state index in [0.717, 1.165) is 24.8 Å². The van der Waals surface area contributed by atoms with E-state index in [4.69, 9.17) is 0 Å². The lowest BCUT2D eigenvalue weighted by Crippen LogP contribution is -2.42. The number of aromatic nitrogens is 4. The van der Waals surface area contributed by atoms with Crippen molar-refractivity contribution >= 4 is 16.8 Å². The first-order valence-corrected chi connectivity index (χ1v) is 11.0. The number of nitrogens with zero attached hydrogens (tertiary/aromatic N) is 4. The molecule has 152 valence electrons. The van der Waals surface area contributed by atoms with Crippen LogP contribution in [0.4, 0.5) is 0 Å². The van der Waals surface area contributed by atoms with Crippen molar-refractivity contribution in [2.24, 2.45) is 5.92 Å². The molecule has 1 N–H and O–H groups in total. The molecule has 1 atom stereocenters. The fourth-order valence-electron chi connectivity index (χ4n) is 5.24. The molecule has 1 saturated carbocycles. The van der Waals surface area contributed by atoms with E-state index in [1.807, 2.05) is 15.8 Å². The van der Waals surface area contributed by atoms with E-state index in [-0.39, 0.29) is 11.9 Å². The molecule has 3 heterocycles. The van der Waals surface area contributed by atoms with Crippen LogP contribution in [0.15, 0.2) is 30.5 Å². The third kappa shape index (κ3) is 3.15. The summed E-state index contributed by atoms with van der Waals surface area (Å²) < 4.78 is 1.93. The first-order chi connectivity index (χ1) is 14.1. The van der Waals surface area contributed by atoms with Crippen LogP contribution in [0.1, 0.15) is 79.8 Å². The van der Waals surface area contributed by atoms with Crippen molar-refractivity contribution in [2.45, 2.75) is 64.5 Å². The summed E-state index contributed by atoms with van der Waals surface area (Å²) >= 11 is 0. The van der Waals surface area contributed by atoms with Gasteiger partial charge in [-0.2, -0.15) is 0 Å². The van der Waals surface area contributed by atoms with Gasteiger partial charge in [-0.05, 0) is 36.8 Å². The first kappa shape index (κ1) is 18.4. The standard InChI is InChI=1S/C23H29N5O/c1-15(2)22-21-18(17-10-6-7-11-19(17)24-21)12-13-27(22)23(29)20-14-28(26-25-20)16-8-4-3-5-9-16/h6-7,10-11,14-16,22,24H,3-5,8-9,12-13H2,1-2H3. The summed E-state index contributed by atoms with van der Waals surface area (Å²) in [4.78, 5) is 19.0. The van der Waals surface area contributed by atoms with Gasteiger partial charge in [0.2, 0.25) is 0 Å². The fourth-order valence-corrected chi connectivity index (χ4v) is 5.24. The monoisotopic (exact) mass is 391 g/mol. The molecule has 1 aliphatic heterocycles. The van der Waals surface area contributed by atoms with Gasteiger partial charge in [0.1, 0.15) is 0 Å². The fraction of sp³-hybridized carbons (Fsp3) is 0.522. The van der Waals surface area contributed by atoms with Crippen LogP contribution < -0.4 is 0 Å². The van der Waals surface area contributed by atoms with E-state index in [1.165, 1.54) is 35.9 Å². The number of H-pyrrole nitrogens is 1. The smallest absolute Gasteiger partial charge is 0.276 e. The number of amides is 1. The topological polar surface area (TPSA) is 66.8 Å². The lowest BCUT2D eigenvalue weighted by atomic mass is 9.90. The molecule has 0 radical (unpaired) electrons. The zero-order valence-electron chi connectivity index (χ0n) is 17.3. The lowest BCUT2D eigenvalue weighted by molar-refractivity contribution is 0.0592. The number of carbonyl (C=O) groups is 1. The van der Waals surface area contributed by atoms with E-state index >= 15 is 0 Å². The first-order valence-electron chi connectivity index (χ1n) is 11.0. The van der Waals surface area contributed by atoms with Gasteiger partial charge in [-0.15, -0.1) is 5.10 Å². The summed E-state index contributed by atoms with van der Waals surface area (Å²) in [6.45, 7) is 5.09. The molecule has 1 aromatic carbocycles. The molecule has 0 bridgehead atoms. The third-order valence-electron chi connectivity index (χ3n) is 6.65. The second kappa shape index (κ2) is 7.32. The third-order valence-corrected chi connectivity index (χ3v) is 6.65. The second-order valence-corrected chi connectivity index (χ2v) is 8.88. The van der Waals surface area contributed by atoms with Crippen molar-refractivity contribution in [1.29, 1.82) is 0 Å². The molecule has 1 amide bonds. The maximum atomic E-state index is 13.4. The largest absolute Gasteiger partial charge is 0.356 e. The zero-order valence-corrected chi connectivity index (χ0v) is 17.3. The minimum Gasteiger partial charge on any atom is -0.356 e. The van der Waals surface area contributed by atoms with Gasteiger partial charge in [-0.1, -0.05) is 56.5 Å². The Hall–Kier alpha value is -2.63. The predicted molar refractivity (Wildman–Crippen MR) is 113 cm³/mol. The molecule has 2 aromatic heterocycles. The molecule has 1 unspecified atom stereocenters. The molecule has 1 aliphatic carbocycles. The van der Waals surface area contributed by atoms with Gasteiger partial charge >= 0.3 is 0 Å². The highest BCUT2D eigenvalue weighted by molar-refractivity contribution is 5.93. The SMILES string of the molecule is CC(C)C1c2[nH]c3ccccc3c2CCN1C(=O)c1cn(C2CCCCC2)nn1. The number of hydrogen-bond donors (Lipinski definition) is 1. The van der Waals surface area contributed by atoms with Crippen molar-refractivity contribution in [2.75, 3.05) is 6.54 Å². The number of hydrogen-bond acceptors (Lipinski definition) is 3. The Bertz CT molecular complexity index is 1030. The quantitative estimate of drug-likeness (QED) is 0.706. The summed E-state index contributed by atoms with van der Waals surface area (Å²) in [5, 5.41) is 9.87. The maximum absolute atomic E-state index is 13.4. The molecule has 3 aromatic rings. The van der Waals surface area contributed by atoms with E-state index in [9.17, 15) is 4.79 Å². The number of carbonyl (C=O) groups excluding carboxylic acids is 1. The Kier molecular flexibility index (Phi) is 4.64. The Morgan fingerprint density at radius 2 is 1.97 bits per heavy atom. The number of rotatable bonds is 3. The van der Waals surface area contributed by atoms with Crippen LogP contribution in [0.2, 0.25) is 0 Å². The predicted octanol–water partition coefficient (Wildman–Crippen LogP) is 4.66. The molecular formula is C23H29N5O. The highest BCUT2D eigenvalue weighted by atomic mass is 16.2. The van der Waals surface area contributed by atoms with Gasteiger partial charge in [0, 0.05) is 23.1 Å². The van der Waals surface area contributed by atoms with Crippen molar-refractivity contribution in [3.05, 3.63) is 47.4 Å². The van der Waals surface area contributed by atoms with Gasteiger partial charge in [0.15, 0.2) is 5.69 Å². The summed E-state index contributed by atoms with van der Waals surface area (Å²) in [5.74, 6) is 0.300. The Balaban J connectivity index is 1.46. The number of benzene rings is 1. The highest BCUT2D eigenvalue weighted by Gasteiger charge is 2.36. The van der Waals surface area contributed by atoms with Crippen LogP contribution in [-0.4, -0.2) is 37.3 Å². The second-order valence-electron chi connectivity index (χ2n) is 8.88. The van der Waals surface area contributed by atoms with Crippen LogP contribution in [0.3, 0.4) is 0 Å². The number of aromatic amines is 1. The molecule has 5 rings (SSSR count). The average Bonchev–Trinajstić information content (AvgIpc) is 3.38. The van der Waals surface area contributed by atoms with Crippen LogP contribution in [-0.2, 0) is 6.42 Å². The maximum Gasteiger partial charge on any atom is 0.276 e. The number of para-hydroxylation sites is 1. The van der Waals surface area contributed by atoms with Crippen molar-refractivity contribution < 1.29 is 4.79 Å². The van der Waals surface area contributed by atoms with E-state index in [1.54, 1.807) is 0 Å². The van der Waals surface area contributed by atoms with Crippen LogP contribution in [0.25, 0.3) is 10.9 Å². The van der Waals surface area contributed by atoms with E-state index < -0.39 is 0 Å². The highest BCUT2D eigenvalue weighted by Crippen LogP contribution is 2.39.